The lowest BCUT2D eigenvalue weighted by Crippen LogP contribution is -2.03. The number of rotatable bonds is 4. The van der Waals surface area contributed by atoms with Crippen LogP contribution in [-0.4, -0.2) is 24.6 Å². The van der Waals surface area contributed by atoms with Crippen LogP contribution in [0.2, 0.25) is 0 Å². The van der Waals surface area contributed by atoms with E-state index in [9.17, 15) is 20.2 Å². The fourth-order valence-electron chi connectivity index (χ4n) is 0.779. The summed E-state index contributed by atoms with van der Waals surface area (Å²) in [6, 6.07) is 0. The average molecular weight is 199 g/mol. The number of nitro groups is 2. The molecule has 0 spiro atoms. The number of nitrogens with zero attached hydrogens (tertiary/aromatic N) is 5. The van der Waals surface area contributed by atoms with E-state index < -0.39 is 21.7 Å². The van der Waals surface area contributed by atoms with Gasteiger partial charge in [-0.25, -0.2) is 0 Å². The topological polar surface area (TPSA) is 117 Å². The Morgan fingerprint density at radius 3 is 2.50 bits per heavy atom. The quantitative estimate of drug-likeness (QED) is 0.390. The molecule has 74 valence electrons. The molecule has 1 aromatic rings. The minimum Gasteiger partial charge on any atom is -0.390 e. The van der Waals surface area contributed by atoms with Gasteiger partial charge in [0, 0.05) is 4.98 Å². The molecule has 9 nitrogen and oxygen atoms in total. The summed E-state index contributed by atoms with van der Waals surface area (Å²) in [7, 11) is 0. The Hall–Kier alpha value is -2.32. The van der Waals surface area contributed by atoms with Crippen LogP contribution < -0.4 is 0 Å². The molecule has 0 saturated heterocycles. The van der Waals surface area contributed by atoms with E-state index in [0.29, 0.717) is 0 Å². The highest BCUT2D eigenvalue weighted by Crippen LogP contribution is 2.12. The van der Waals surface area contributed by atoms with Gasteiger partial charge in [-0.1, -0.05) is 17.3 Å². The fraction of sp³-hybridized carbons (Fsp3) is 0.200. The summed E-state index contributed by atoms with van der Waals surface area (Å²) >= 11 is 0. The molecular formula is C5H5N5O4. The van der Waals surface area contributed by atoms with Crippen LogP contribution in [0.1, 0.15) is 0 Å². The molecule has 0 aromatic carbocycles. The Bertz CT molecular complexity index is 397. The van der Waals surface area contributed by atoms with E-state index in [1.165, 1.54) is 6.08 Å². The van der Waals surface area contributed by atoms with Crippen LogP contribution in [0.4, 0.5) is 11.9 Å². The normalized spacial score (nSPS) is 9.71. The third-order valence-electron chi connectivity index (χ3n) is 1.27. The van der Waals surface area contributed by atoms with Gasteiger partial charge < -0.3 is 20.2 Å². The molecular weight excluding hydrogens is 194 g/mol. The minimum absolute atomic E-state index is 0.00282. The molecule has 0 amide bonds. The van der Waals surface area contributed by atoms with Crippen molar-refractivity contribution in [1.82, 2.24) is 14.8 Å². The standard InChI is InChI=1S/C5H5N5O4/c1-2-3-8-5(10(13)14)6-4(7-8)9(11)12/h2H,1,3H2. The number of hydrogen-bond donors (Lipinski definition) is 0. The Morgan fingerprint density at radius 2 is 2.07 bits per heavy atom. The van der Waals surface area contributed by atoms with Gasteiger partial charge in [0.25, 0.3) is 0 Å². The monoisotopic (exact) mass is 199 g/mol. The largest absolute Gasteiger partial charge is 0.508 e. The molecule has 0 saturated carbocycles. The zero-order chi connectivity index (χ0) is 10.7. The first-order valence-electron chi connectivity index (χ1n) is 3.40. The van der Waals surface area contributed by atoms with Crippen molar-refractivity contribution in [2.24, 2.45) is 0 Å². The van der Waals surface area contributed by atoms with Gasteiger partial charge in [-0.3, -0.25) is 0 Å². The van der Waals surface area contributed by atoms with E-state index in [2.05, 4.69) is 16.7 Å². The second-order valence-electron chi connectivity index (χ2n) is 2.20. The number of allylic oxidation sites excluding steroid dienone is 1. The van der Waals surface area contributed by atoms with Crippen molar-refractivity contribution in [3.8, 4) is 0 Å². The van der Waals surface area contributed by atoms with E-state index in [0.717, 1.165) is 4.68 Å². The van der Waals surface area contributed by atoms with Gasteiger partial charge in [0.05, 0.1) is 5.10 Å². The molecule has 1 heterocycles. The van der Waals surface area contributed by atoms with E-state index in [1.807, 2.05) is 0 Å². The Labute approximate surface area is 77.0 Å². The summed E-state index contributed by atoms with van der Waals surface area (Å²) in [5.74, 6) is -1.46. The van der Waals surface area contributed by atoms with Gasteiger partial charge in [0.1, 0.15) is 6.54 Å². The molecule has 0 unspecified atom stereocenters. The summed E-state index contributed by atoms with van der Waals surface area (Å²) in [6.07, 6.45) is 1.32. The van der Waals surface area contributed by atoms with Crippen LogP contribution in [0.25, 0.3) is 0 Å². The Morgan fingerprint density at radius 1 is 1.43 bits per heavy atom. The van der Waals surface area contributed by atoms with Crippen molar-refractivity contribution in [1.29, 1.82) is 0 Å². The smallest absolute Gasteiger partial charge is 0.390 e. The summed E-state index contributed by atoms with van der Waals surface area (Å²) in [6.45, 7) is 3.33. The molecule has 0 aliphatic carbocycles. The predicted molar refractivity (Wildman–Crippen MR) is 43.5 cm³/mol. The van der Waals surface area contributed by atoms with Crippen LogP contribution in [0.5, 0.6) is 0 Å². The molecule has 0 aliphatic heterocycles. The maximum absolute atomic E-state index is 10.4. The van der Waals surface area contributed by atoms with Crippen LogP contribution in [0.15, 0.2) is 12.7 Å². The molecule has 0 aliphatic rings. The maximum Gasteiger partial charge on any atom is 0.508 e. The van der Waals surface area contributed by atoms with Gasteiger partial charge >= 0.3 is 11.9 Å². The van der Waals surface area contributed by atoms with Gasteiger partial charge in [-0.05, 0) is 9.85 Å². The maximum atomic E-state index is 10.4. The predicted octanol–water partition coefficient (Wildman–Crippen LogP) is 0.280. The summed E-state index contributed by atoms with van der Waals surface area (Å²) in [5.41, 5.74) is 0. The molecule has 0 atom stereocenters. The highest BCUT2D eigenvalue weighted by Gasteiger charge is 2.27. The van der Waals surface area contributed by atoms with E-state index >= 15 is 0 Å². The molecule has 9 heteroatoms. The zero-order valence-electron chi connectivity index (χ0n) is 6.86. The van der Waals surface area contributed by atoms with Gasteiger partial charge in [0.2, 0.25) is 0 Å². The fourth-order valence-corrected chi connectivity index (χ4v) is 0.779. The molecule has 0 fully saturated rings. The van der Waals surface area contributed by atoms with Crippen molar-refractivity contribution >= 4 is 11.9 Å². The van der Waals surface area contributed by atoms with Crippen LogP contribution in [0.3, 0.4) is 0 Å². The minimum atomic E-state index is -0.896. The lowest BCUT2D eigenvalue weighted by molar-refractivity contribution is -0.403. The van der Waals surface area contributed by atoms with Crippen LogP contribution >= 0.6 is 0 Å². The first-order chi connectivity index (χ1) is 6.56. The average Bonchev–Trinajstić information content (AvgIpc) is 2.49. The van der Waals surface area contributed by atoms with Crippen molar-refractivity contribution in [3.05, 3.63) is 32.9 Å². The van der Waals surface area contributed by atoms with Crippen molar-refractivity contribution in [2.75, 3.05) is 0 Å². The lowest BCUT2D eigenvalue weighted by Gasteiger charge is -1.90. The third-order valence-corrected chi connectivity index (χ3v) is 1.27. The Kier molecular flexibility index (Phi) is 2.51. The molecule has 0 N–H and O–H groups in total. The first kappa shape index (κ1) is 9.77. The van der Waals surface area contributed by atoms with Gasteiger partial charge in [-0.2, -0.15) is 0 Å². The van der Waals surface area contributed by atoms with Crippen molar-refractivity contribution < 1.29 is 9.85 Å². The molecule has 14 heavy (non-hydrogen) atoms. The highest BCUT2D eigenvalue weighted by atomic mass is 16.6. The summed E-state index contributed by atoms with van der Waals surface area (Å²) in [4.78, 5) is 22.0. The molecule has 0 bridgehead atoms. The number of hydrogen-bond acceptors (Lipinski definition) is 6. The van der Waals surface area contributed by atoms with Gasteiger partial charge in [0.15, 0.2) is 0 Å². The summed E-state index contributed by atoms with van der Waals surface area (Å²) < 4.78 is 0.797. The second-order valence-corrected chi connectivity index (χ2v) is 2.20. The second kappa shape index (κ2) is 3.60. The van der Waals surface area contributed by atoms with E-state index in [4.69, 9.17) is 0 Å². The van der Waals surface area contributed by atoms with E-state index in [1.54, 1.807) is 0 Å². The van der Waals surface area contributed by atoms with Crippen LogP contribution in [0, 0.1) is 20.2 Å². The Balaban J connectivity index is 3.18. The highest BCUT2D eigenvalue weighted by molar-refractivity contribution is 5.14. The summed E-state index contributed by atoms with van der Waals surface area (Å²) in [5, 5.41) is 23.9. The zero-order valence-corrected chi connectivity index (χ0v) is 6.86. The van der Waals surface area contributed by atoms with Crippen molar-refractivity contribution in [3.63, 3.8) is 0 Å². The lowest BCUT2D eigenvalue weighted by atomic mass is 10.6. The van der Waals surface area contributed by atoms with Gasteiger partial charge in [-0.15, -0.1) is 0 Å². The molecule has 1 rings (SSSR count). The van der Waals surface area contributed by atoms with Crippen molar-refractivity contribution in [2.45, 2.75) is 6.54 Å². The SMILES string of the molecule is C=CCn1nc([N+](=O)[O-])nc1[N+](=O)[O-]. The molecule has 1 aromatic heterocycles. The van der Waals surface area contributed by atoms with Crippen LogP contribution in [-0.2, 0) is 6.54 Å². The number of aromatic nitrogens is 3. The molecule has 0 radical (unpaired) electrons. The first-order valence-corrected chi connectivity index (χ1v) is 3.40. The van der Waals surface area contributed by atoms with E-state index in [-0.39, 0.29) is 6.54 Å². The third kappa shape index (κ3) is 1.71.